The van der Waals surface area contributed by atoms with Crippen LogP contribution in [0.2, 0.25) is 0 Å². The van der Waals surface area contributed by atoms with Crippen LogP contribution < -0.4 is 5.32 Å². The highest BCUT2D eigenvalue weighted by molar-refractivity contribution is 4.72. The van der Waals surface area contributed by atoms with Gasteiger partial charge in [0, 0.05) is 38.3 Å². The van der Waals surface area contributed by atoms with Crippen molar-refractivity contribution in [1.29, 1.82) is 0 Å². The highest BCUT2D eigenvalue weighted by atomic mass is 16.5. The largest absolute Gasteiger partial charge is 0.382 e. The summed E-state index contributed by atoms with van der Waals surface area (Å²) in [5, 5.41) is 3.44. The first-order chi connectivity index (χ1) is 8.48. The van der Waals surface area contributed by atoms with E-state index in [-0.39, 0.29) is 5.41 Å². The molecule has 0 rings (SSSR count). The molecule has 0 spiro atoms. The molecule has 0 aromatic heterocycles. The summed E-state index contributed by atoms with van der Waals surface area (Å²) in [4.78, 5) is 0. The van der Waals surface area contributed by atoms with Crippen LogP contribution in [0.1, 0.15) is 34.1 Å². The third-order valence-corrected chi connectivity index (χ3v) is 2.49. The summed E-state index contributed by atoms with van der Waals surface area (Å²) < 4.78 is 16.0. The van der Waals surface area contributed by atoms with Gasteiger partial charge in [-0.2, -0.15) is 0 Å². The van der Waals surface area contributed by atoms with Crippen molar-refractivity contribution >= 4 is 0 Å². The Morgan fingerprint density at radius 1 is 1.00 bits per heavy atom. The molecule has 0 aromatic carbocycles. The zero-order chi connectivity index (χ0) is 13.9. The maximum absolute atomic E-state index is 5.69. The predicted molar refractivity (Wildman–Crippen MR) is 75.1 cm³/mol. The van der Waals surface area contributed by atoms with Gasteiger partial charge < -0.3 is 19.5 Å². The molecular formula is C14H31NO3. The molecule has 0 heterocycles. The molecule has 0 amide bonds. The van der Waals surface area contributed by atoms with Gasteiger partial charge in [-0.15, -0.1) is 0 Å². The molecule has 0 bridgehead atoms. The Morgan fingerprint density at radius 2 is 1.67 bits per heavy atom. The number of nitrogens with one attached hydrogen (secondary N) is 1. The Balaban J connectivity index is 3.35. The maximum Gasteiger partial charge on any atom is 0.0700 e. The number of ether oxygens (including phenoxy) is 3. The van der Waals surface area contributed by atoms with Gasteiger partial charge in [-0.3, -0.25) is 0 Å². The number of methoxy groups -OCH3 is 1. The van der Waals surface area contributed by atoms with Gasteiger partial charge >= 0.3 is 0 Å². The standard InChI is InChI=1S/C14H31NO3/c1-13(2)15-11-14(3,4)12-18-8-6-7-17-10-9-16-5/h13,15H,6-12H2,1-5H3. The van der Waals surface area contributed by atoms with Crippen molar-refractivity contribution < 1.29 is 14.2 Å². The van der Waals surface area contributed by atoms with Gasteiger partial charge in [0.25, 0.3) is 0 Å². The molecule has 4 nitrogen and oxygen atoms in total. The SMILES string of the molecule is COCCOCCCOCC(C)(C)CNC(C)C. The second-order valence-electron chi connectivity index (χ2n) is 5.71. The van der Waals surface area contributed by atoms with Crippen molar-refractivity contribution in [1.82, 2.24) is 5.32 Å². The van der Waals surface area contributed by atoms with Crippen LogP contribution in [-0.4, -0.2) is 52.7 Å². The molecule has 0 aromatic rings. The lowest BCUT2D eigenvalue weighted by atomic mass is 9.94. The third-order valence-electron chi connectivity index (χ3n) is 2.49. The van der Waals surface area contributed by atoms with Gasteiger partial charge in [0.2, 0.25) is 0 Å². The average Bonchev–Trinajstić information content (AvgIpc) is 2.30. The molecule has 0 saturated heterocycles. The quantitative estimate of drug-likeness (QED) is 0.546. The molecule has 110 valence electrons. The smallest absolute Gasteiger partial charge is 0.0700 e. The summed E-state index contributed by atoms with van der Waals surface area (Å²) in [7, 11) is 1.68. The minimum atomic E-state index is 0.182. The van der Waals surface area contributed by atoms with Crippen molar-refractivity contribution in [3.8, 4) is 0 Å². The minimum absolute atomic E-state index is 0.182. The van der Waals surface area contributed by atoms with Crippen LogP contribution in [0.15, 0.2) is 0 Å². The normalized spacial score (nSPS) is 12.3. The van der Waals surface area contributed by atoms with E-state index in [2.05, 4.69) is 33.0 Å². The lowest BCUT2D eigenvalue weighted by molar-refractivity contribution is 0.0305. The van der Waals surface area contributed by atoms with Gasteiger partial charge in [-0.1, -0.05) is 27.7 Å². The molecule has 0 aliphatic heterocycles. The van der Waals surface area contributed by atoms with E-state index in [1.165, 1.54) is 0 Å². The summed E-state index contributed by atoms with van der Waals surface area (Å²) in [6.07, 6.45) is 0.942. The van der Waals surface area contributed by atoms with E-state index in [1.54, 1.807) is 7.11 Å². The Kier molecular flexibility index (Phi) is 10.6. The van der Waals surface area contributed by atoms with Crippen LogP contribution in [0, 0.1) is 5.41 Å². The topological polar surface area (TPSA) is 39.7 Å². The Bertz CT molecular complexity index is 184. The second kappa shape index (κ2) is 10.7. The van der Waals surface area contributed by atoms with E-state index in [0.29, 0.717) is 19.3 Å². The van der Waals surface area contributed by atoms with Gasteiger partial charge in [0.15, 0.2) is 0 Å². The minimum Gasteiger partial charge on any atom is -0.382 e. The monoisotopic (exact) mass is 261 g/mol. The zero-order valence-electron chi connectivity index (χ0n) is 12.8. The van der Waals surface area contributed by atoms with Crippen LogP contribution in [0.25, 0.3) is 0 Å². The Hall–Kier alpha value is -0.160. The first kappa shape index (κ1) is 17.8. The zero-order valence-corrected chi connectivity index (χ0v) is 12.8. The molecule has 0 atom stereocenters. The lowest BCUT2D eigenvalue weighted by Crippen LogP contribution is -2.36. The lowest BCUT2D eigenvalue weighted by Gasteiger charge is -2.26. The third kappa shape index (κ3) is 12.3. The van der Waals surface area contributed by atoms with Gasteiger partial charge in [0.05, 0.1) is 19.8 Å². The molecule has 0 aliphatic rings. The van der Waals surface area contributed by atoms with Crippen LogP contribution in [0.3, 0.4) is 0 Å². The predicted octanol–water partition coefficient (Wildman–Crippen LogP) is 2.08. The summed E-state index contributed by atoms with van der Waals surface area (Å²) in [5.41, 5.74) is 0.182. The Labute approximate surface area is 112 Å². The maximum atomic E-state index is 5.69. The van der Waals surface area contributed by atoms with Crippen molar-refractivity contribution in [3.05, 3.63) is 0 Å². The van der Waals surface area contributed by atoms with E-state index >= 15 is 0 Å². The van der Waals surface area contributed by atoms with Crippen LogP contribution in [0.4, 0.5) is 0 Å². The van der Waals surface area contributed by atoms with E-state index in [9.17, 15) is 0 Å². The second-order valence-corrected chi connectivity index (χ2v) is 5.71. The van der Waals surface area contributed by atoms with Crippen LogP contribution in [0.5, 0.6) is 0 Å². The van der Waals surface area contributed by atoms with Crippen molar-refractivity contribution in [2.45, 2.75) is 40.2 Å². The number of hydrogen-bond acceptors (Lipinski definition) is 4. The molecule has 18 heavy (non-hydrogen) atoms. The Morgan fingerprint density at radius 3 is 2.28 bits per heavy atom. The summed E-state index contributed by atoms with van der Waals surface area (Å²) in [6.45, 7) is 13.4. The van der Waals surface area contributed by atoms with Gasteiger partial charge in [0.1, 0.15) is 0 Å². The van der Waals surface area contributed by atoms with E-state index in [1.807, 2.05) is 0 Å². The van der Waals surface area contributed by atoms with E-state index in [4.69, 9.17) is 14.2 Å². The van der Waals surface area contributed by atoms with Gasteiger partial charge in [-0.05, 0) is 6.42 Å². The first-order valence-electron chi connectivity index (χ1n) is 6.86. The molecule has 0 unspecified atom stereocenters. The fourth-order valence-electron chi connectivity index (χ4n) is 1.39. The average molecular weight is 261 g/mol. The molecule has 4 heteroatoms. The highest BCUT2D eigenvalue weighted by Crippen LogP contribution is 2.14. The number of hydrogen-bond donors (Lipinski definition) is 1. The fourth-order valence-corrected chi connectivity index (χ4v) is 1.39. The molecule has 0 aliphatic carbocycles. The van der Waals surface area contributed by atoms with Crippen LogP contribution in [-0.2, 0) is 14.2 Å². The van der Waals surface area contributed by atoms with Crippen LogP contribution >= 0.6 is 0 Å². The fraction of sp³-hybridized carbons (Fsp3) is 1.00. The van der Waals surface area contributed by atoms with E-state index < -0.39 is 0 Å². The van der Waals surface area contributed by atoms with Gasteiger partial charge in [-0.25, -0.2) is 0 Å². The van der Waals surface area contributed by atoms with Crippen molar-refractivity contribution in [2.24, 2.45) is 5.41 Å². The van der Waals surface area contributed by atoms with Crippen molar-refractivity contribution in [3.63, 3.8) is 0 Å². The first-order valence-corrected chi connectivity index (χ1v) is 6.86. The molecular weight excluding hydrogens is 230 g/mol. The highest BCUT2D eigenvalue weighted by Gasteiger charge is 2.17. The molecule has 0 saturated carbocycles. The van der Waals surface area contributed by atoms with Crippen molar-refractivity contribution in [2.75, 3.05) is 46.7 Å². The number of rotatable bonds is 12. The summed E-state index contributed by atoms with van der Waals surface area (Å²) >= 11 is 0. The van der Waals surface area contributed by atoms with E-state index in [0.717, 1.165) is 32.8 Å². The summed E-state index contributed by atoms with van der Waals surface area (Å²) in [5.74, 6) is 0. The summed E-state index contributed by atoms with van der Waals surface area (Å²) in [6, 6.07) is 0.526. The molecule has 1 N–H and O–H groups in total. The molecule has 0 fully saturated rings. The molecule has 0 radical (unpaired) electrons.